The molecule has 0 aliphatic heterocycles. The van der Waals surface area contributed by atoms with Crippen LogP contribution in [0.3, 0.4) is 0 Å². The Labute approximate surface area is 118 Å². The molecule has 0 atom stereocenters. The van der Waals surface area contributed by atoms with Crippen LogP contribution in [0.5, 0.6) is 5.75 Å². The van der Waals surface area contributed by atoms with Crippen LogP contribution in [0.25, 0.3) is 0 Å². The van der Waals surface area contributed by atoms with Gasteiger partial charge in [0.2, 0.25) is 0 Å². The van der Waals surface area contributed by atoms with E-state index in [1.807, 2.05) is 13.8 Å². The minimum atomic E-state index is -1.07. The Hall–Kier alpha value is -2.24. The zero-order valence-corrected chi connectivity index (χ0v) is 12.0. The normalized spacial score (nSPS) is 9.95. The highest BCUT2D eigenvalue weighted by molar-refractivity contribution is 5.94. The molecule has 0 aliphatic carbocycles. The zero-order valence-electron chi connectivity index (χ0n) is 12.0. The molecule has 0 bridgehead atoms. The number of carboxylic acid groups (broad SMARTS) is 1. The van der Waals surface area contributed by atoms with E-state index in [9.17, 15) is 9.59 Å². The van der Waals surface area contributed by atoms with E-state index >= 15 is 0 Å². The fraction of sp³-hybridized carbons (Fsp3) is 0.429. The van der Waals surface area contributed by atoms with Gasteiger partial charge in [0.1, 0.15) is 11.3 Å². The van der Waals surface area contributed by atoms with Crippen molar-refractivity contribution < 1.29 is 19.4 Å². The standard InChI is InChI=1S/C14H20N2O4/c1-4-8-16(5-2)14(19)15-10-6-7-11(13(17)18)12(9-10)20-3/h6-7,9H,4-5,8H2,1-3H3,(H,15,19)(H,17,18). The Morgan fingerprint density at radius 3 is 2.55 bits per heavy atom. The molecule has 110 valence electrons. The summed E-state index contributed by atoms with van der Waals surface area (Å²) < 4.78 is 5.02. The van der Waals surface area contributed by atoms with E-state index in [1.165, 1.54) is 19.2 Å². The molecule has 0 fully saturated rings. The van der Waals surface area contributed by atoms with Crippen LogP contribution >= 0.6 is 0 Å². The number of hydrogen-bond donors (Lipinski definition) is 2. The summed E-state index contributed by atoms with van der Waals surface area (Å²) in [6.45, 7) is 5.20. The van der Waals surface area contributed by atoms with Crippen molar-refractivity contribution in [3.05, 3.63) is 23.8 Å². The fourth-order valence-corrected chi connectivity index (χ4v) is 1.82. The number of methoxy groups -OCH3 is 1. The Bertz CT molecular complexity index is 488. The lowest BCUT2D eigenvalue weighted by Crippen LogP contribution is -2.35. The van der Waals surface area contributed by atoms with Crippen molar-refractivity contribution in [3.8, 4) is 5.75 Å². The average Bonchev–Trinajstić information content (AvgIpc) is 2.44. The number of benzene rings is 1. The SMILES string of the molecule is CCCN(CC)C(=O)Nc1ccc(C(=O)O)c(OC)c1. The molecule has 6 heteroatoms. The molecular formula is C14H20N2O4. The molecule has 2 N–H and O–H groups in total. The number of amides is 2. The van der Waals surface area contributed by atoms with Crippen molar-refractivity contribution in [2.75, 3.05) is 25.5 Å². The first-order chi connectivity index (χ1) is 9.53. The van der Waals surface area contributed by atoms with Crippen LogP contribution in [0.1, 0.15) is 30.6 Å². The predicted molar refractivity (Wildman–Crippen MR) is 76.5 cm³/mol. The summed E-state index contributed by atoms with van der Waals surface area (Å²) in [6, 6.07) is 4.25. The molecule has 0 radical (unpaired) electrons. The smallest absolute Gasteiger partial charge is 0.339 e. The molecular weight excluding hydrogens is 260 g/mol. The van der Waals surface area contributed by atoms with Gasteiger partial charge in [0.25, 0.3) is 0 Å². The van der Waals surface area contributed by atoms with Crippen LogP contribution in [0.15, 0.2) is 18.2 Å². The predicted octanol–water partition coefficient (Wildman–Crippen LogP) is 2.66. The second-order valence-electron chi connectivity index (χ2n) is 4.23. The fourth-order valence-electron chi connectivity index (χ4n) is 1.82. The quantitative estimate of drug-likeness (QED) is 0.839. The van der Waals surface area contributed by atoms with Crippen molar-refractivity contribution in [3.63, 3.8) is 0 Å². The van der Waals surface area contributed by atoms with Gasteiger partial charge in [-0.05, 0) is 25.5 Å². The molecule has 2 amide bonds. The first kappa shape index (κ1) is 15.8. The van der Waals surface area contributed by atoms with Crippen LogP contribution in [0.4, 0.5) is 10.5 Å². The van der Waals surface area contributed by atoms with Crippen LogP contribution in [0.2, 0.25) is 0 Å². The number of nitrogens with one attached hydrogen (secondary N) is 1. The molecule has 0 unspecified atom stereocenters. The number of carboxylic acids is 1. The van der Waals surface area contributed by atoms with E-state index in [4.69, 9.17) is 9.84 Å². The van der Waals surface area contributed by atoms with Gasteiger partial charge < -0.3 is 20.1 Å². The number of aromatic carboxylic acids is 1. The van der Waals surface area contributed by atoms with Crippen molar-refractivity contribution in [2.24, 2.45) is 0 Å². The summed E-state index contributed by atoms with van der Waals surface area (Å²) in [5.41, 5.74) is 0.567. The van der Waals surface area contributed by atoms with Gasteiger partial charge in [-0.25, -0.2) is 9.59 Å². The molecule has 1 aromatic rings. The number of rotatable bonds is 6. The van der Waals surface area contributed by atoms with Gasteiger partial charge in [0.05, 0.1) is 7.11 Å². The van der Waals surface area contributed by atoms with E-state index < -0.39 is 5.97 Å². The van der Waals surface area contributed by atoms with E-state index in [2.05, 4.69) is 5.32 Å². The third-order valence-electron chi connectivity index (χ3n) is 2.85. The lowest BCUT2D eigenvalue weighted by atomic mass is 10.2. The van der Waals surface area contributed by atoms with Gasteiger partial charge in [0, 0.05) is 24.8 Å². The van der Waals surface area contributed by atoms with Gasteiger partial charge in [-0.1, -0.05) is 6.92 Å². The maximum atomic E-state index is 12.0. The van der Waals surface area contributed by atoms with E-state index in [-0.39, 0.29) is 17.3 Å². The van der Waals surface area contributed by atoms with E-state index in [1.54, 1.807) is 11.0 Å². The lowest BCUT2D eigenvalue weighted by Gasteiger charge is -2.20. The van der Waals surface area contributed by atoms with E-state index in [0.717, 1.165) is 6.42 Å². The Balaban J connectivity index is 2.88. The van der Waals surface area contributed by atoms with Crippen molar-refractivity contribution in [1.82, 2.24) is 4.90 Å². The van der Waals surface area contributed by atoms with Crippen LogP contribution < -0.4 is 10.1 Å². The third-order valence-corrected chi connectivity index (χ3v) is 2.85. The molecule has 0 saturated carbocycles. The Kier molecular flexibility index (Phi) is 5.83. The van der Waals surface area contributed by atoms with Crippen molar-refractivity contribution in [1.29, 1.82) is 0 Å². The van der Waals surface area contributed by atoms with Gasteiger partial charge in [-0.2, -0.15) is 0 Å². The molecule has 0 aromatic heterocycles. The molecule has 1 rings (SSSR count). The summed E-state index contributed by atoms with van der Waals surface area (Å²) in [4.78, 5) is 24.7. The minimum absolute atomic E-state index is 0.0615. The summed E-state index contributed by atoms with van der Waals surface area (Å²) in [7, 11) is 1.39. The van der Waals surface area contributed by atoms with Crippen LogP contribution in [-0.2, 0) is 0 Å². The molecule has 1 aromatic carbocycles. The summed E-state index contributed by atoms with van der Waals surface area (Å²) in [6.07, 6.45) is 0.878. The monoisotopic (exact) mass is 280 g/mol. The van der Waals surface area contributed by atoms with Crippen molar-refractivity contribution in [2.45, 2.75) is 20.3 Å². The number of anilines is 1. The highest BCUT2D eigenvalue weighted by atomic mass is 16.5. The maximum Gasteiger partial charge on any atom is 0.339 e. The first-order valence-corrected chi connectivity index (χ1v) is 6.50. The molecule has 6 nitrogen and oxygen atoms in total. The second kappa shape index (κ2) is 7.37. The zero-order chi connectivity index (χ0) is 15.1. The second-order valence-corrected chi connectivity index (χ2v) is 4.23. The maximum absolute atomic E-state index is 12.0. The highest BCUT2D eigenvalue weighted by Crippen LogP contribution is 2.23. The highest BCUT2D eigenvalue weighted by Gasteiger charge is 2.14. The minimum Gasteiger partial charge on any atom is -0.496 e. The van der Waals surface area contributed by atoms with Crippen molar-refractivity contribution >= 4 is 17.7 Å². The molecule has 0 aliphatic rings. The number of carbonyl (C=O) groups excluding carboxylic acids is 1. The number of nitrogens with zero attached hydrogens (tertiary/aromatic N) is 1. The van der Waals surface area contributed by atoms with Gasteiger partial charge in [-0.3, -0.25) is 0 Å². The van der Waals surface area contributed by atoms with Crippen LogP contribution in [0, 0.1) is 0 Å². The Morgan fingerprint density at radius 2 is 2.05 bits per heavy atom. The number of ether oxygens (including phenoxy) is 1. The topological polar surface area (TPSA) is 78.9 Å². The Morgan fingerprint density at radius 1 is 1.35 bits per heavy atom. The van der Waals surface area contributed by atoms with Crippen LogP contribution in [-0.4, -0.2) is 42.2 Å². The molecule has 0 spiro atoms. The summed E-state index contributed by atoms with van der Waals surface area (Å²) >= 11 is 0. The number of carbonyl (C=O) groups is 2. The van der Waals surface area contributed by atoms with Gasteiger partial charge in [0.15, 0.2) is 0 Å². The molecule has 20 heavy (non-hydrogen) atoms. The lowest BCUT2D eigenvalue weighted by molar-refractivity contribution is 0.0693. The average molecular weight is 280 g/mol. The third kappa shape index (κ3) is 3.88. The number of urea groups is 1. The molecule has 0 heterocycles. The number of hydrogen-bond acceptors (Lipinski definition) is 3. The van der Waals surface area contributed by atoms with E-state index in [0.29, 0.717) is 18.8 Å². The van der Waals surface area contributed by atoms with Gasteiger partial charge >= 0.3 is 12.0 Å². The summed E-state index contributed by atoms with van der Waals surface area (Å²) in [5.74, 6) is -0.852. The molecule has 0 saturated heterocycles. The van der Waals surface area contributed by atoms with Gasteiger partial charge in [-0.15, -0.1) is 0 Å². The largest absolute Gasteiger partial charge is 0.496 e. The summed E-state index contributed by atoms with van der Waals surface area (Å²) in [5, 5.41) is 11.7. The first-order valence-electron chi connectivity index (χ1n) is 6.50.